The Morgan fingerprint density at radius 3 is 2.74 bits per heavy atom. The van der Waals surface area contributed by atoms with Crippen molar-refractivity contribution in [1.82, 2.24) is 20.4 Å². The molecule has 1 unspecified atom stereocenters. The Labute approximate surface area is 160 Å². The maximum absolute atomic E-state index is 12.7. The van der Waals surface area contributed by atoms with E-state index in [1.807, 2.05) is 36.1 Å². The summed E-state index contributed by atoms with van der Waals surface area (Å²) in [6.45, 7) is 7.95. The summed E-state index contributed by atoms with van der Waals surface area (Å²) in [5.74, 6) is 0.341. The first kappa shape index (κ1) is 19.1. The molecular formula is C21H28N4O2. The number of carbonyl (C=O) groups is 2. The van der Waals surface area contributed by atoms with Gasteiger partial charge in [0.15, 0.2) is 5.69 Å². The predicted octanol–water partition coefficient (Wildman–Crippen LogP) is 2.62. The van der Waals surface area contributed by atoms with Gasteiger partial charge in [0.25, 0.3) is 5.91 Å². The summed E-state index contributed by atoms with van der Waals surface area (Å²) >= 11 is 0. The maximum atomic E-state index is 12.7. The van der Waals surface area contributed by atoms with Crippen LogP contribution < -0.4 is 5.32 Å². The molecule has 1 aromatic carbocycles. The summed E-state index contributed by atoms with van der Waals surface area (Å²) in [6, 6.07) is 8.03. The van der Waals surface area contributed by atoms with E-state index in [1.165, 1.54) is 5.56 Å². The Kier molecular flexibility index (Phi) is 5.94. The molecular weight excluding hydrogens is 340 g/mol. The number of nitrogens with one attached hydrogen (secondary N) is 2. The molecule has 6 nitrogen and oxygen atoms in total. The van der Waals surface area contributed by atoms with E-state index in [4.69, 9.17) is 0 Å². The Morgan fingerprint density at radius 1 is 1.30 bits per heavy atom. The van der Waals surface area contributed by atoms with Crippen LogP contribution in [0.25, 0.3) is 0 Å². The molecule has 1 aromatic heterocycles. The van der Waals surface area contributed by atoms with Crippen molar-refractivity contribution >= 4 is 11.8 Å². The Hall–Kier alpha value is -2.63. The van der Waals surface area contributed by atoms with Gasteiger partial charge in [0, 0.05) is 37.3 Å². The maximum Gasteiger partial charge on any atom is 0.272 e. The third-order valence-corrected chi connectivity index (χ3v) is 5.29. The van der Waals surface area contributed by atoms with E-state index >= 15 is 0 Å². The number of amides is 2. The van der Waals surface area contributed by atoms with E-state index in [0.717, 1.165) is 23.2 Å². The van der Waals surface area contributed by atoms with E-state index in [1.54, 1.807) is 0 Å². The van der Waals surface area contributed by atoms with Crippen LogP contribution in [-0.2, 0) is 24.2 Å². The van der Waals surface area contributed by atoms with Crippen LogP contribution in [0.15, 0.2) is 24.3 Å². The quantitative estimate of drug-likeness (QED) is 0.823. The zero-order valence-electron chi connectivity index (χ0n) is 16.3. The number of hydrogen-bond acceptors (Lipinski definition) is 3. The highest BCUT2D eigenvalue weighted by atomic mass is 16.2. The van der Waals surface area contributed by atoms with Crippen molar-refractivity contribution in [3.8, 4) is 0 Å². The van der Waals surface area contributed by atoms with E-state index in [0.29, 0.717) is 44.1 Å². The molecule has 0 bridgehead atoms. The van der Waals surface area contributed by atoms with Gasteiger partial charge in [-0.3, -0.25) is 14.7 Å². The number of aromatic nitrogens is 2. The lowest BCUT2D eigenvalue weighted by molar-refractivity contribution is -0.131. The zero-order valence-corrected chi connectivity index (χ0v) is 16.3. The number of aryl methyl sites for hydroxylation is 1. The van der Waals surface area contributed by atoms with Gasteiger partial charge in [0.2, 0.25) is 5.91 Å². The number of aromatic amines is 1. The average Bonchev–Trinajstić information content (AvgIpc) is 3.10. The van der Waals surface area contributed by atoms with E-state index in [-0.39, 0.29) is 11.8 Å². The molecule has 0 saturated carbocycles. The highest BCUT2D eigenvalue weighted by molar-refractivity contribution is 5.94. The van der Waals surface area contributed by atoms with E-state index in [9.17, 15) is 9.59 Å². The van der Waals surface area contributed by atoms with Gasteiger partial charge in [-0.15, -0.1) is 0 Å². The summed E-state index contributed by atoms with van der Waals surface area (Å²) in [7, 11) is 0. The van der Waals surface area contributed by atoms with Crippen molar-refractivity contribution in [1.29, 1.82) is 0 Å². The normalized spacial score (nSPS) is 14.6. The van der Waals surface area contributed by atoms with Crippen LogP contribution in [0.4, 0.5) is 0 Å². The largest absolute Gasteiger partial charge is 0.350 e. The third-order valence-electron chi connectivity index (χ3n) is 5.29. The molecule has 27 heavy (non-hydrogen) atoms. The molecule has 0 aliphatic carbocycles. The van der Waals surface area contributed by atoms with Crippen molar-refractivity contribution in [2.45, 2.75) is 46.6 Å². The third kappa shape index (κ3) is 4.56. The number of benzene rings is 1. The van der Waals surface area contributed by atoms with Gasteiger partial charge >= 0.3 is 0 Å². The highest BCUT2D eigenvalue weighted by Crippen LogP contribution is 2.21. The van der Waals surface area contributed by atoms with Gasteiger partial charge in [-0.2, -0.15) is 5.10 Å². The summed E-state index contributed by atoms with van der Waals surface area (Å²) in [5, 5.41) is 10.1. The summed E-state index contributed by atoms with van der Waals surface area (Å²) in [6.07, 6.45) is 2.09. The van der Waals surface area contributed by atoms with Crippen molar-refractivity contribution in [2.75, 3.05) is 13.1 Å². The molecule has 2 N–H and O–H groups in total. The topological polar surface area (TPSA) is 78.1 Å². The van der Waals surface area contributed by atoms with Crippen molar-refractivity contribution in [3.63, 3.8) is 0 Å². The lowest BCUT2D eigenvalue weighted by Gasteiger charge is -2.27. The van der Waals surface area contributed by atoms with Crippen molar-refractivity contribution in [2.24, 2.45) is 5.92 Å². The minimum absolute atomic E-state index is 0.0802. The van der Waals surface area contributed by atoms with Crippen LogP contribution in [-0.4, -0.2) is 40.0 Å². The molecule has 2 aromatic rings. The molecule has 6 heteroatoms. The molecule has 1 aliphatic rings. The molecule has 0 spiro atoms. The fourth-order valence-corrected chi connectivity index (χ4v) is 3.18. The number of hydrogen-bond donors (Lipinski definition) is 2. The number of fused-ring (bicyclic) bond motifs is 1. The molecule has 1 aliphatic heterocycles. The standard InChI is InChI=1S/C21H28N4O2/c1-4-14(2)12-22-21(27)20-17-13-25(10-9-18(17)23-24-20)19(26)11-16-7-5-15(3)6-8-16/h5-8,14H,4,9-13H2,1-3H3,(H,22,27)(H,23,24). The number of carbonyl (C=O) groups excluding carboxylic acids is 2. The van der Waals surface area contributed by atoms with Gasteiger partial charge in [-0.25, -0.2) is 0 Å². The van der Waals surface area contributed by atoms with Gasteiger partial charge in [-0.1, -0.05) is 50.1 Å². The fourth-order valence-electron chi connectivity index (χ4n) is 3.18. The van der Waals surface area contributed by atoms with Crippen LogP contribution in [0.2, 0.25) is 0 Å². The molecule has 0 saturated heterocycles. The summed E-state index contributed by atoms with van der Waals surface area (Å²) < 4.78 is 0. The Balaban J connectivity index is 1.66. The first-order valence-electron chi connectivity index (χ1n) is 9.65. The van der Waals surface area contributed by atoms with Gasteiger partial charge in [0.1, 0.15) is 0 Å². The minimum Gasteiger partial charge on any atom is -0.350 e. The van der Waals surface area contributed by atoms with Crippen molar-refractivity contribution in [3.05, 3.63) is 52.3 Å². The first-order valence-corrected chi connectivity index (χ1v) is 9.65. The van der Waals surface area contributed by atoms with E-state index in [2.05, 4.69) is 29.4 Å². The molecule has 144 valence electrons. The smallest absolute Gasteiger partial charge is 0.272 e. The second-order valence-electron chi connectivity index (χ2n) is 7.48. The molecule has 2 heterocycles. The highest BCUT2D eigenvalue weighted by Gasteiger charge is 2.27. The zero-order chi connectivity index (χ0) is 19.4. The second kappa shape index (κ2) is 8.37. The van der Waals surface area contributed by atoms with Crippen LogP contribution in [0, 0.1) is 12.8 Å². The molecule has 1 atom stereocenters. The van der Waals surface area contributed by atoms with Crippen LogP contribution in [0.5, 0.6) is 0 Å². The second-order valence-corrected chi connectivity index (χ2v) is 7.48. The van der Waals surface area contributed by atoms with Crippen LogP contribution in [0.3, 0.4) is 0 Å². The first-order chi connectivity index (χ1) is 13.0. The Morgan fingerprint density at radius 2 is 2.04 bits per heavy atom. The molecule has 2 amide bonds. The molecule has 3 rings (SSSR count). The molecule has 0 radical (unpaired) electrons. The monoisotopic (exact) mass is 368 g/mol. The van der Waals surface area contributed by atoms with Gasteiger partial charge < -0.3 is 10.2 Å². The van der Waals surface area contributed by atoms with Gasteiger partial charge in [0.05, 0.1) is 6.42 Å². The van der Waals surface area contributed by atoms with Crippen LogP contribution in [0.1, 0.15) is 53.1 Å². The minimum atomic E-state index is -0.166. The lowest BCUT2D eigenvalue weighted by atomic mass is 10.0. The SMILES string of the molecule is CCC(C)CNC(=O)c1n[nH]c2c1CN(C(=O)Cc1ccc(C)cc1)CC2. The average molecular weight is 368 g/mol. The lowest BCUT2D eigenvalue weighted by Crippen LogP contribution is -2.38. The fraction of sp³-hybridized carbons (Fsp3) is 0.476. The number of nitrogens with zero attached hydrogens (tertiary/aromatic N) is 2. The predicted molar refractivity (Wildman–Crippen MR) is 104 cm³/mol. The van der Waals surface area contributed by atoms with E-state index < -0.39 is 0 Å². The number of rotatable bonds is 6. The Bertz CT molecular complexity index is 810. The molecule has 0 fully saturated rings. The van der Waals surface area contributed by atoms with Crippen LogP contribution >= 0.6 is 0 Å². The van der Waals surface area contributed by atoms with Gasteiger partial charge in [-0.05, 0) is 18.4 Å². The number of H-pyrrole nitrogens is 1. The summed E-state index contributed by atoms with van der Waals surface area (Å²) in [4.78, 5) is 27.0. The van der Waals surface area contributed by atoms with Crippen molar-refractivity contribution < 1.29 is 9.59 Å². The summed E-state index contributed by atoms with van der Waals surface area (Å²) in [5.41, 5.74) is 4.42.